The predicted octanol–water partition coefficient (Wildman–Crippen LogP) is 6.45. The van der Waals surface area contributed by atoms with Gasteiger partial charge in [0.1, 0.15) is 11.9 Å². The maximum atomic E-state index is 12.8. The van der Waals surface area contributed by atoms with E-state index in [1.165, 1.54) is 19.2 Å². The average molecular weight is 570 g/mol. The zero-order valence-corrected chi connectivity index (χ0v) is 23.5. The van der Waals surface area contributed by atoms with Gasteiger partial charge in [-0.1, -0.05) is 42.5 Å². The van der Waals surface area contributed by atoms with Gasteiger partial charge in [0, 0.05) is 37.0 Å². The highest BCUT2D eigenvalue weighted by atomic mass is 16.6. The van der Waals surface area contributed by atoms with Crippen molar-refractivity contribution in [1.82, 2.24) is 15.2 Å². The first kappa shape index (κ1) is 28.7. The fourth-order valence-corrected chi connectivity index (χ4v) is 4.99. The first-order valence-corrected chi connectivity index (χ1v) is 14.0. The number of carbonyl (C=O) groups excluding carboxylic acids is 2. The molecular weight excluding hydrogens is 534 g/mol. The summed E-state index contributed by atoms with van der Waals surface area (Å²) in [4.78, 5) is 31.8. The number of alkyl carbamates (subject to hydrolysis) is 1. The van der Waals surface area contributed by atoms with Crippen LogP contribution in [0.2, 0.25) is 0 Å². The molecule has 1 unspecified atom stereocenters. The van der Waals surface area contributed by atoms with Crippen molar-refractivity contribution in [2.24, 2.45) is 0 Å². The third-order valence-electron chi connectivity index (χ3n) is 7.11. The Kier molecular flexibility index (Phi) is 9.69. The molecule has 1 atom stereocenters. The summed E-state index contributed by atoms with van der Waals surface area (Å²) in [5, 5.41) is 8.48. The number of nitrogens with one attached hydrogen (secondary N) is 3. The smallest absolute Gasteiger partial charge is 0.408 e. The number of likely N-dealkylation sites (tertiary alicyclic amines) is 1. The number of rotatable bonds is 11. The molecule has 4 aromatic rings. The lowest BCUT2D eigenvalue weighted by Gasteiger charge is -2.22. The number of amides is 3. The number of aromatic nitrogens is 1. The highest BCUT2D eigenvalue weighted by molar-refractivity contribution is 6.00. The Morgan fingerprint density at radius 1 is 0.976 bits per heavy atom. The van der Waals surface area contributed by atoms with Gasteiger partial charge in [0.25, 0.3) is 0 Å². The zero-order chi connectivity index (χ0) is 29.1. The number of carbonyl (C=O) groups is 2. The van der Waals surface area contributed by atoms with E-state index >= 15 is 0 Å². The molecule has 1 fully saturated rings. The van der Waals surface area contributed by atoms with Gasteiger partial charge < -0.3 is 34.7 Å². The molecule has 5 rings (SSSR count). The van der Waals surface area contributed by atoms with E-state index in [4.69, 9.17) is 13.9 Å². The normalized spacial score (nSPS) is 13.7. The lowest BCUT2D eigenvalue weighted by Crippen LogP contribution is -2.28. The lowest BCUT2D eigenvalue weighted by atomic mass is 10.1. The van der Waals surface area contributed by atoms with Crippen LogP contribution in [0.5, 0.6) is 5.75 Å². The van der Waals surface area contributed by atoms with Crippen molar-refractivity contribution >= 4 is 23.5 Å². The minimum absolute atomic E-state index is 0.254. The molecule has 3 aromatic carbocycles. The maximum Gasteiger partial charge on any atom is 0.408 e. The Hall–Kier alpha value is -4.83. The minimum Gasteiger partial charge on any atom is -0.496 e. The fourth-order valence-electron chi connectivity index (χ4n) is 4.99. The van der Waals surface area contributed by atoms with E-state index in [-0.39, 0.29) is 12.6 Å². The van der Waals surface area contributed by atoms with Crippen LogP contribution in [0.1, 0.15) is 36.5 Å². The van der Waals surface area contributed by atoms with Crippen LogP contribution in [-0.4, -0.2) is 48.8 Å². The summed E-state index contributed by atoms with van der Waals surface area (Å²) in [6.07, 6.45) is 5.31. The summed E-state index contributed by atoms with van der Waals surface area (Å²) < 4.78 is 16.7. The van der Waals surface area contributed by atoms with Crippen LogP contribution in [-0.2, 0) is 11.3 Å². The van der Waals surface area contributed by atoms with Crippen molar-refractivity contribution in [3.05, 3.63) is 96.5 Å². The number of hydrogen-bond donors (Lipinski definition) is 3. The molecule has 42 heavy (non-hydrogen) atoms. The Balaban J connectivity index is 1.14. The van der Waals surface area contributed by atoms with Crippen LogP contribution >= 0.6 is 0 Å². The van der Waals surface area contributed by atoms with Crippen molar-refractivity contribution in [2.45, 2.75) is 31.9 Å². The van der Waals surface area contributed by atoms with Gasteiger partial charge in [-0.15, -0.1) is 0 Å². The van der Waals surface area contributed by atoms with E-state index in [9.17, 15) is 9.59 Å². The molecule has 218 valence electrons. The van der Waals surface area contributed by atoms with Gasteiger partial charge in [-0.3, -0.25) is 0 Å². The molecule has 10 heteroatoms. The van der Waals surface area contributed by atoms with E-state index in [1.807, 2.05) is 42.5 Å². The first-order chi connectivity index (χ1) is 20.6. The van der Waals surface area contributed by atoms with Gasteiger partial charge in [-0.05, 0) is 61.3 Å². The second-order valence-electron chi connectivity index (χ2n) is 10.1. The van der Waals surface area contributed by atoms with Crippen LogP contribution in [0.4, 0.5) is 21.0 Å². The summed E-state index contributed by atoms with van der Waals surface area (Å²) in [5.41, 5.74) is 3.65. The molecule has 3 N–H and O–H groups in total. The minimum atomic E-state index is -0.482. The molecule has 1 aliphatic heterocycles. The Bertz CT molecular complexity index is 1460. The molecule has 0 radical (unpaired) electrons. The van der Waals surface area contributed by atoms with Crippen molar-refractivity contribution in [1.29, 1.82) is 0 Å². The van der Waals surface area contributed by atoms with Crippen LogP contribution in [0, 0.1) is 0 Å². The molecule has 10 nitrogen and oxygen atoms in total. The lowest BCUT2D eigenvalue weighted by molar-refractivity contribution is 0.0856. The molecule has 1 saturated heterocycles. The quantitative estimate of drug-likeness (QED) is 0.190. The summed E-state index contributed by atoms with van der Waals surface area (Å²) in [6.45, 7) is 3.34. The van der Waals surface area contributed by atoms with Gasteiger partial charge >= 0.3 is 12.1 Å². The largest absolute Gasteiger partial charge is 0.496 e. The molecule has 1 aliphatic rings. The van der Waals surface area contributed by atoms with Crippen molar-refractivity contribution in [2.75, 3.05) is 37.4 Å². The third-order valence-corrected chi connectivity index (χ3v) is 7.11. The van der Waals surface area contributed by atoms with Crippen molar-refractivity contribution in [3.8, 4) is 17.1 Å². The molecule has 0 spiro atoms. The van der Waals surface area contributed by atoms with Crippen LogP contribution in [0.25, 0.3) is 11.3 Å². The Morgan fingerprint density at radius 2 is 1.76 bits per heavy atom. The molecule has 0 aliphatic carbocycles. The number of nitrogens with zero attached hydrogens (tertiary/aromatic N) is 2. The molecule has 3 amide bonds. The monoisotopic (exact) mass is 569 g/mol. The first-order valence-electron chi connectivity index (χ1n) is 14.0. The second kappa shape index (κ2) is 14.2. The summed E-state index contributed by atoms with van der Waals surface area (Å²) in [5.74, 6) is 1.10. The van der Waals surface area contributed by atoms with E-state index in [1.54, 1.807) is 43.6 Å². The topological polar surface area (TPSA) is 118 Å². The highest BCUT2D eigenvalue weighted by Gasteiger charge is 2.20. The van der Waals surface area contributed by atoms with E-state index in [2.05, 4.69) is 25.8 Å². The van der Waals surface area contributed by atoms with Crippen LogP contribution in [0.15, 0.2) is 89.8 Å². The van der Waals surface area contributed by atoms with E-state index < -0.39 is 12.1 Å². The number of hydrogen-bond acceptors (Lipinski definition) is 7. The standard InChI is InChI=1S/C32H35N5O5/c1-40-29-19-26(12-13-27(29)30-21-33-22-41-30)36-31(38)35-25-11-7-8-23(18-25)20-34-32(39)42-28(24-9-3-2-4-10-24)14-17-37-15-5-6-16-37/h2-4,7-13,18-19,21-22,28H,5-6,14-17,20H2,1H3,(H,34,39)(H2,35,36,38). The SMILES string of the molecule is COc1cc(NC(=O)Nc2cccc(CNC(=O)OC(CCN3CCCC3)c3ccccc3)c2)ccc1-c1cnco1. The second-order valence-corrected chi connectivity index (χ2v) is 10.1. The predicted molar refractivity (Wildman–Crippen MR) is 160 cm³/mol. The van der Waals surface area contributed by atoms with E-state index in [0.29, 0.717) is 22.9 Å². The number of ether oxygens (including phenoxy) is 2. The fraction of sp³-hybridized carbons (Fsp3) is 0.281. The van der Waals surface area contributed by atoms with Gasteiger partial charge in [0.05, 0.1) is 18.9 Å². The number of methoxy groups -OCH3 is 1. The van der Waals surface area contributed by atoms with Crippen molar-refractivity contribution in [3.63, 3.8) is 0 Å². The van der Waals surface area contributed by atoms with Crippen LogP contribution < -0.4 is 20.7 Å². The number of anilines is 2. The highest BCUT2D eigenvalue weighted by Crippen LogP contribution is 2.32. The Morgan fingerprint density at radius 3 is 2.50 bits per heavy atom. The van der Waals surface area contributed by atoms with Crippen molar-refractivity contribution < 1.29 is 23.5 Å². The molecule has 1 aromatic heterocycles. The zero-order valence-electron chi connectivity index (χ0n) is 23.5. The van der Waals surface area contributed by atoms with Gasteiger partial charge in [0.15, 0.2) is 12.2 Å². The van der Waals surface area contributed by atoms with Crippen LogP contribution in [0.3, 0.4) is 0 Å². The third kappa shape index (κ3) is 7.88. The average Bonchev–Trinajstić information content (AvgIpc) is 3.74. The van der Waals surface area contributed by atoms with Gasteiger partial charge in [0.2, 0.25) is 0 Å². The maximum absolute atomic E-state index is 12.8. The molecule has 2 heterocycles. The molecule has 0 saturated carbocycles. The molecule has 0 bridgehead atoms. The summed E-state index contributed by atoms with van der Waals surface area (Å²) in [6, 6.07) is 21.9. The van der Waals surface area contributed by atoms with Gasteiger partial charge in [-0.25, -0.2) is 14.6 Å². The summed E-state index contributed by atoms with van der Waals surface area (Å²) in [7, 11) is 1.55. The van der Waals surface area contributed by atoms with E-state index in [0.717, 1.165) is 42.7 Å². The molecular formula is C32H35N5O5. The number of oxazole rings is 1. The summed E-state index contributed by atoms with van der Waals surface area (Å²) >= 11 is 0. The Labute approximate surface area is 245 Å². The number of urea groups is 1. The number of benzene rings is 3. The van der Waals surface area contributed by atoms with Gasteiger partial charge in [-0.2, -0.15) is 0 Å².